The lowest BCUT2D eigenvalue weighted by Gasteiger charge is -2.34. The molecule has 29 heavy (non-hydrogen) atoms. The van der Waals surface area contributed by atoms with E-state index >= 15 is 0 Å². The summed E-state index contributed by atoms with van der Waals surface area (Å²) < 4.78 is 38.7. The first-order chi connectivity index (χ1) is 13.7. The Bertz CT molecular complexity index is 790. The summed E-state index contributed by atoms with van der Waals surface area (Å²) in [4.78, 5) is 4.04. The van der Waals surface area contributed by atoms with Crippen LogP contribution in [0.3, 0.4) is 0 Å². The maximum atomic E-state index is 12.9. The summed E-state index contributed by atoms with van der Waals surface area (Å²) in [5.41, 5.74) is -0.234. The molecule has 1 aliphatic rings. The van der Waals surface area contributed by atoms with Crippen LogP contribution in [0.2, 0.25) is 5.02 Å². The molecule has 5 nitrogen and oxygen atoms in total. The highest BCUT2D eigenvalue weighted by Gasteiger charge is 2.35. The zero-order chi connectivity index (χ0) is 21.0. The van der Waals surface area contributed by atoms with Crippen molar-refractivity contribution in [3.63, 3.8) is 0 Å². The van der Waals surface area contributed by atoms with E-state index < -0.39 is 18.1 Å². The minimum absolute atomic E-state index is 0.0108. The van der Waals surface area contributed by atoms with Crippen molar-refractivity contribution in [1.29, 1.82) is 0 Å². The molecule has 3 rings (SSSR count). The normalized spacial score (nSPS) is 17.8. The van der Waals surface area contributed by atoms with E-state index in [0.717, 1.165) is 37.6 Å². The number of benzene rings is 1. The Labute approximate surface area is 173 Å². The molecule has 0 radical (unpaired) electrons. The van der Waals surface area contributed by atoms with Crippen molar-refractivity contribution in [2.75, 3.05) is 26.2 Å². The second-order valence-corrected chi connectivity index (χ2v) is 8.07. The Kier molecular flexibility index (Phi) is 7.21. The molecule has 1 unspecified atom stereocenters. The first-order valence-corrected chi connectivity index (χ1v) is 10.1. The van der Waals surface area contributed by atoms with Gasteiger partial charge in [-0.25, -0.2) is 0 Å². The van der Waals surface area contributed by atoms with Gasteiger partial charge in [-0.05, 0) is 49.5 Å². The number of aromatic nitrogens is 2. The second kappa shape index (κ2) is 9.47. The lowest BCUT2D eigenvalue weighted by molar-refractivity contribution is -0.141. The topological polar surface area (TPSA) is 55.4 Å². The van der Waals surface area contributed by atoms with E-state index in [2.05, 4.69) is 22.0 Å². The molecule has 1 aromatic heterocycles. The zero-order valence-corrected chi connectivity index (χ0v) is 17.0. The number of aliphatic hydroxyl groups is 1. The average Bonchev–Trinajstić information content (AvgIpc) is 3.18. The average molecular weight is 431 g/mol. The molecular formula is C20H26ClF3N4O. The second-order valence-electron chi connectivity index (χ2n) is 7.67. The molecule has 1 aliphatic heterocycles. The third-order valence-electron chi connectivity index (χ3n) is 5.42. The lowest BCUT2D eigenvalue weighted by Crippen LogP contribution is -2.40. The van der Waals surface area contributed by atoms with Crippen molar-refractivity contribution < 1.29 is 18.3 Å². The number of rotatable bonds is 7. The van der Waals surface area contributed by atoms with Gasteiger partial charge in [-0.3, -0.25) is 10.00 Å². The Morgan fingerprint density at radius 1 is 1.31 bits per heavy atom. The fraction of sp³-hybridized carbons (Fsp3) is 0.550. The van der Waals surface area contributed by atoms with Gasteiger partial charge in [0.25, 0.3) is 0 Å². The smallest absolute Gasteiger partial charge is 0.372 e. The number of alkyl halides is 3. The van der Waals surface area contributed by atoms with Crippen LogP contribution in [0.25, 0.3) is 0 Å². The number of H-pyrrole nitrogens is 1. The summed E-state index contributed by atoms with van der Waals surface area (Å²) in [7, 11) is 0. The molecule has 9 heteroatoms. The monoisotopic (exact) mass is 430 g/mol. The Morgan fingerprint density at radius 2 is 2.00 bits per heavy atom. The van der Waals surface area contributed by atoms with E-state index in [1.54, 1.807) is 11.0 Å². The van der Waals surface area contributed by atoms with E-state index in [9.17, 15) is 18.3 Å². The maximum Gasteiger partial charge on any atom is 0.435 e. The van der Waals surface area contributed by atoms with Crippen LogP contribution < -0.4 is 0 Å². The van der Waals surface area contributed by atoms with Crippen molar-refractivity contribution >= 4 is 11.6 Å². The van der Waals surface area contributed by atoms with Crippen LogP contribution in [0, 0.1) is 5.92 Å². The van der Waals surface area contributed by atoms with Gasteiger partial charge in [0.1, 0.15) is 6.23 Å². The van der Waals surface area contributed by atoms with E-state index in [1.165, 1.54) is 0 Å². The summed E-state index contributed by atoms with van der Waals surface area (Å²) in [6.45, 7) is 5.72. The van der Waals surface area contributed by atoms with E-state index in [4.69, 9.17) is 11.6 Å². The molecule has 1 atom stereocenters. The van der Waals surface area contributed by atoms with Gasteiger partial charge in [0.05, 0.1) is 5.69 Å². The zero-order valence-electron chi connectivity index (χ0n) is 16.3. The number of nitrogens with zero attached hydrogens (tertiary/aromatic N) is 3. The van der Waals surface area contributed by atoms with E-state index in [1.807, 2.05) is 18.2 Å². The van der Waals surface area contributed by atoms with Gasteiger partial charge < -0.3 is 10.0 Å². The van der Waals surface area contributed by atoms with Gasteiger partial charge in [-0.15, -0.1) is 0 Å². The fourth-order valence-electron chi connectivity index (χ4n) is 3.50. The quantitative estimate of drug-likeness (QED) is 0.643. The molecule has 160 valence electrons. The molecule has 0 saturated carbocycles. The summed E-state index contributed by atoms with van der Waals surface area (Å²) in [5.74, 6) is 0.710. The molecule has 1 fully saturated rings. The fourth-order valence-corrected chi connectivity index (χ4v) is 3.70. The van der Waals surface area contributed by atoms with Gasteiger partial charge in [0, 0.05) is 24.7 Å². The molecular weight excluding hydrogens is 405 g/mol. The minimum Gasteiger partial charge on any atom is -0.372 e. The van der Waals surface area contributed by atoms with Gasteiger partial charge in [-0.1, -0.05) is 36.7 Å². The maximum absolute atomic E-state index is 12.9. The molecule has 2 aromatic rings. The van der Waals surface area contributed by atoms with Crippen LogP contribution >= 0.6 is 11.6 Å². The summed E-state index contributed by atoms with van der Waals surface area (Å²) in [5, 5.41) is 17.0. The van der Waals surface area contributed by atoms with Crippen molar-refractivity contribution in [1.82, 2.24) is 20.0 Å². The summed E-state index contributed by atoms with van der Waals surface area (Å²) in [6, 6.07) is 8.11. The molecule has 1 saturated heterocycles. The highest BCUT2D eigenvalue weighted by Crippen LogP contribution is 2.30. The Morgan fingerprint density at radius 3 is 2.62 bits per heavy atom. The van der Waals surface area contributed by atoms with Gasteiger partial charge in [0.15, 0.2) is 5.69 Å². The number of likely N-dealkylation sites (tertiary alicyclic amines) is 1. The van der Waals surface area contributed by atoms with Crippen molar-refractivity contribution in [3.05, 3.63) is 52.3 Å². The number of piperidine rings is 1. The lowest BCUT2D eigenvalue weighted by atomic mass is 9.99. The molecule has 0 aliphatic carbocycles. The predicted octanol–water partition coefficient (Wildman–Crippen LogP) is 4.31. The van der Waals surface area contributed by atoms with E-state index in [0.29, 0.717) is 30.6 Å². The molecule has 0 bridgehead atoms. The number of hydrogen-bond donors (Lipinski definition) is 2. The number of halogens is 4. The first kappa shape index (κ1) is 22.1. The Hall–Kier alpha value is -1.61. The van der Waals surface area contributed by atoms with Crippen LogP contribution in [0.15, 0.2) is 30.3 Å². The highest BCUT2D eigenvalue weighted by atomic mass is 35.5. The molecule has 2 heterocycles. The van der Waals surface area contributed by atoms with Gasteiger partial charge >= 0.3 is 6.18 Å². The summed E-state index contributed by atoms with van der Waals surface area (Å²) >= 11 is 6.26. The largest absolute Gasteiger partial charge is 0.435 e. The molecule has 1 aromatic carbocycles. The number of aliphatic hydroxyl groups excluding tert-OH is 1. The van der Waals surface area contributed by atoms with Crippen LogP contribution in [-0.4, -0.2) is 51.3 Å². The molecule has 2 N–H and O–H groups in total. The highest BCUT2D eigenvalue weighted by molar-refractivity contribution is 6.31. The third kappa shape index (κ3) is 5.94. The van der Waals surface area contributed by atoms with Crippen molar-refractivity contribution in [2.45, 2.75) is 38.7 Å². The van der Waals surface area contributed by atoms with Crippen LogP contribution in [0.5, 0.6) is 0 Å². The van der Waals surface area contributed by atoms with Gasteiger partial charge in [-0.2, -0.15) is 18.3 Å². The summed E-state index contributed by atoms with van der Waals surface area (Å²) in [6.07, 6.45) is -3.56. The number of hydrogen-bond acceptors (Lipinski definition) is 4. The molecule has 0 amide bonds. The van der Waals surface area contributed by atoms with Crippen LogP contribution in [0.1, 0.15) is 42.9 Å². The van der Waals surface area contributed by atoms with Crippen molar-refractivity contribution in [2.24, 2.45) is 5.92 Å². The third-order valence-corrected chi connectivity index (χ3v) is 5.79. The standard InChI is InChI=1S/C20H26ClF3N4O/c1-14-6-8-27(9-7-14)10-11-28(13-15-4-2-3-5-16(15)21)19(29)17-12-18(26-25-17)20(22,23)24/h2-5,12,14,19,29H,6-11,13H2,1H3,(H,25,26). The number of nitrogens with one attached hydrogen (secondary N) is 1. The van der Waals surface area contributed by atoms with Crippen LogP contribution in [0.4, 0.5) is 13.2 Å². The predicted molar refractivity (Wildman–Crippen MR) is 105 cm³/mol. The molecule has 0 spiro atoms. The SMILES string of the molecule is CC1CCN(CCN(Cc2ccccc2Cl)C(O)c2cc(C(F)(F)F)n[nH]2)CC1. The van der Waals surface area contributed by atoms with Crippen LogP contribution in [-0.2, 0) is 12.7 Å². The van der Waals surface area contributed by atoms with Crippen molar-refractivity contribution in [3.8, 4) is 0 Å². The number of aromatic amines is 1. The minimum atomic E-state index is -4.56. The van der Waals surface area contributed by atoms with E-state index in [-0.39, 0.29) is 5.69 Å². The van der Waals surface area contributed by atoms with Gasteiger partial charge in [0.2, 0.25) is 0 Å². The Balaban J connectivity index is 1.74. The first-order valence-electron chi connectivity index (χ1n) is 9.74.